The van der Waals surface area contributed by atoms with Gasteiger partial charge in [-0.1, -0.05) is 0 Å². The summed E-state index contributed by atoms with van der Waals surface area (Å²) in [4.78, 5) is 21.7. The topological polar surface area (TPSA) is 75.1 Å². The molecule has 16 heavy (non-hydrogen) atoms. The van der Waals surface area contributed by atoms with E-state index in [1.807, 2.05) is 0 Å². The van der Waals surface area contributed by atoms with Crippen LogP contribution in [0.4, 0.5) is 5.69 Å². The van der Waals surface area contributed by atoms with Gasteiger partial charge in [-0.05, 0) is 24.3 Å². The summed E-state index contributed by atoms with van der Waals surface area (Å²) < 4.78 is 4.95. The Kier molecular flexibility index (Phi) is 2.59. The highest BCUT2D eigenvalue weighted by Gasteiger charge is 2.03. The maximum absolute atomic E-state index is 10.9. The molecule has 0 saturated heterocycles. The SMILES string of the molecule is CC(=O)Nc1ccc(-c2cc(=O)[nH]o2)cc1. The van der Waals surface area contributed by atoms with Crippen molar-refractivity contribution in [3.8, 4) is 11.3 Å². The number of rotatable bonds is 2. The molecule has 2 N–H and O–H groups in total. The molecule has 0 saturated carbocycles. The smallest absolute Gasteiger partial charge is 0.280 e. The lowest BCUT2D eigenvalue weighted by Gasteiger charge is -2.01. The van der Waals surface area contributed by atoms with Crippen molar-refractivity contribution in [2.45, 2.75) is 6.92 Å². The van der Waals surface area contributed by atoms with Gasteiger partial charge in [-0.2, -0.15) is 5.16 Å². The van der Waals surface area contributed by atoms with Gasteiger partial charge in [-0.25, -0.2) is 0 Å². The van der Waals surface area contributed by atoms with Gasteiger partial charge in [0.2, 0.25) is 5.91 Å². The fraction of sp³-hybridized carbons (Fsp3) is 0.0909. The molecule has 0 aliphatic heterocycles. The zero-order valence-corrected chi connectivity index (χ0v) is 8.61. The second-order valence-electron chi connectivity index (χ2n) is 3.34. The van der Waals surface area contributed by atoms with Gasteiger partial charge in [0.05, 0.1) is 6.07 Å². The molecule has 0 fully saturated rings. The summed E-state index contributed by atoms with van der Waals surface area (Å²) in [5, 5.41) is 4.86. The van der Waals surface area contributed by atoms with Gasteiger partial charge in [-0.15, -0.1) is 0 Å². The minimum atomic E-state index is -0.277. The minimum absolute atomic E-state index is 0.124. The quantitative estimate of drug-likeness (QED) is 0.803. The number of nitrogens with one attached hydrogen (secondary N) is 2. The van der Waals surface area contributed by atoms with E-state index < -0.39 is 0 Å². The van der Waals surface area contributed by atoms with Crippen LogP contribution in [0.2, 0.25) is 0 Å². The maximum Gasteiger partial charge on any atom is 0.280 e. The standard InChI is InChI=1S/C11H10N2O3/c1-7(14)12-9-4-2-8(3-5-9)10-6-11(15)13-16-10/h2-6H,1H3,(H,12,14)(H,13,15). The van der Waals surface area contributed by atoms with E-state index in [1.165, 1.54) is 13.0 Å². The maximum atomic E-state index is 10.9. The van der Waals surface area contributed by atoms with Crippen LogP contribution in [-0.4, -0.2) is 11.1 Å². The van der Waals surface area contributed by atoms with Gasteiger partial charge in [-0.3, -0.25) is 9.59 Å². The first-order valence-electron chi connectivity index (χ1n) is 4.72. The lowest BCUT2D eigenvalue weighted by molar-refractivity contribution is -0.114. The Morgan fingerprint density at radius 3 is 2.50 bits per heavy atom. The van der Waals surface area contributed by atoms with Crippen molar-refractivity contribution in [2.75, 3.05) is 5.32 Å². The highest BCUT2D eigenvalue weighted by atomic mass is 16.5. The van der Waals surface area contributed by atoms with Crippen LogP contribution in [0.5, 0.6) is 0 Å². The fourth-order valence-electron chi connectivity index (χ4n) is 1.35. The van der Waals surface area contributed by atoms with Crippen LogP contribution >= 0.6 is 0 Å². The van der Waals surface area contributed by atoms with Gasteiger partial charge >= 0.3 is 0 Å². The summed E-state index contributed by atoms with van der Waals surface area (Å²) in [6.07, 6.45) is 0. The Balaban J connectivity index is 2.25. The molecule has 5 nitrogen and oxygen atoms in total. The molecule has 0 spiro atoms. The Hall–Kier alpha value is -2.30. The number of carbonyl (C=O) groups is 1. The average molecular weight is 218 g/mol. The molecule has 0 unspecified atom stereocenters. The van der Waals surface area contributed by atoms with Crippen molar-refractivity contribution in [3.05, 3.63) is 40.7 Å². The zero-order valence-electron chi connectivity index (χ0n) is 8.61. The van der Waals surface area contributed by atoms with Crippen molar-refractivity contribution >= 4 is 11.6 Å². The van der Waals surface area contributed by atoms with E-state index in [0.29, 0.717) is 11.4 Å². The van der Waals surface area contributed by atoms with Crippen LogP contribution in [0.3, 0.4) is 0 Å². The van der Waals surface area contributed by atoms with Crippen molar-refractivity contribution in [2.24, 2.45) is 0 Å². The molecular weight excluding hydrogens is 208 g/mol. The number of H-pyrrole nitrogens is 1. The number of aromatic amines is 1. The molecule has 0 atom stereocenters. The summed E-state index contributed by atoms with van der Waals surface area (Å²) in [6.45, 7) is 1.44. The number of hydrogen-bond donors (Lipinski definition) is 2. The predicted molar refractivity (Wildman–Crippen MR) is 59.1 cm³/mol. The second kappa shape index (κ2) is 4.06. The molecule has 0 bridgehead atoms. The third kappa shape index (κ3) is 2.20. The normalized spacial score (nSPS) is 10.1. The lowest BCUT2D eigenvalue weighted by atomic mass is 10.1. The average Bonchev–Trinajstić information content (AvgIpc) is 2.65. The Bertz CT molecular complexity index is 551. The van der Waals surface area contributed by atoms with Crippen molar-refractivity contribution in [1.82, 2.24) is 5.16 Å². The summed E-state index contributed by atoms with van der Waals surface area (Å²) in [5.74, 6) is 0.348. The number of carbonyl (C=O) groups excluding carboxylic acids is 1. The monoisotopic (exact) mass is 218 g/mol. The fourth-order valence-corrected chi connectivity index (χ4v) is 1.35. The van der Waals surface area contributed by atoms with Gasteiger partial charge in [0.25, 0.3) is 5.56 Å². The van der Waals surface area contributed by atoms with Gasteiger partial charge in [0, 0.05) is 18.2 Å². The number of benzene rings is 1. The van der Waals surface area contributed by atoms with E-state index in [9.17, 15) is 9.59 Å². The highest BCUT2D eigenvalue weighted by molar-refractivity contribution is 5.88. The third-order valence-corrected chi connectivity index (χ3v) is 2.01. The van der Waals surface area contributed by atoms with Crippen LogP contribution < -0.4 is 10.9 Å². The van der Waals surface area contributed by atoms with Crippen molar-refractivity contribution in [3.63, 3.8) is 0 Å². The Labute approximate surface area is 91.1 Å². The molecule has 2 aromatic rings. The van der Waals surface area contributed by atoms with Gasteiger partial charge < -0.3 is 9.84 Å². The molecule has 2 rings (SSSR count). The molecule has 1 aromatic carbocycles. The molecule has 1 aromatic heterocycles. The zero-order chi connectivity index (χ0) is 11.5. The molecule has 5 heteroatoms. The largest absolute Gasteiger partial charge is 0.378 e. The highest BCUT2D eigenvalue weighted by Crippen LogP contribution is 2.19. The molecule has 82 valence electrons. The first-order chi connectivity index (χ1) is 7.65. The number of aromatic nitrogens is 1. The minimum Gasteiger partial charge on any atom is -0.378 e. The molecule has 0 radical (unpaired) electrons. The van der Waals surface area contributed by atoms with Crippen LogP contribution in [0.1, 0.15) is 6.92 Å². The summed E-state index contributed by atoms with van der Waals surface area (Å²) in [5.41, 5.74) is 1.20. The first kappa shape index (κ1) is 10.2. The summed E-state index contributed by atoms with van der Waals surface area (Å²) in [7, 11) is 0. The lowest BCUT2D eigenvalue weighted by Crippen LogP contribution is -2.05. The van der Waals surface area contributed by atoms with E-state index >= 15 is 0 Å². The summed E-state index contributed by atoms with van der Waals surface area (Å²) >= 11 is 0. The van der Waals surface area contributed by atoms with Crippen LogP contribution in [0.25, 0.3) is 11.3 Å². The van der Waals surface area contributed by atoms with Crippen LogP contribution in [0, 0.1) is 0 Å². The molecule has 0 aliphatic rings. The van der Waals surface area contributed by atoms with Gasteiger partial charge in [0.15, 0.2) is 5.76 Å². The molecular formula is C11H10N2O3. The predicted octanol–water partition coefficient (Wildman–Crippen LogP) is 1.59. The molecule has 1 heterocycles. The summed E-state index contributed by atoms with van der Waals surface area (Å²) in [6, 6.07) is 8.37. The molecule has 1 amide bonds. The van der Waals surface area contributed by atoms with E-state index in [0.717, 1.165) is 5.56 Å². The number of hydrogen-bond acceptors (Lipinski definition) is 3. The van der Waals surface area contributed by atoms with Crippen molar-refractivity contribution < 1.29 is 9.32 Å². The Morgan fingerprint density at radius 1 is 1.31 bits per heavy atom. The molecule has 0 aliphatic carbocycles. The van der Waals surface area contributed by atoms with Crippen LogP contribution in [-0.2, 0) is 4.79 Å². The second-order valence-corrected chi connectivity index (χ2v) is 3.34. The third-order valence-electron chi connectivity index (χ3n) is 2.01. The van der Waals surface area contributed by atoms with E-state index in [2.05, 4.69) is 10.5 Å². The van der Waals surface area contributed by atoms with E-state index in [-0.39, 0.29) is 11.5 Å². The Morgan fingerprint density at radius 2 is 2.00 bits per heavy atom. The van der Waals surface area contributed by atoms with E-state index in [1.54, 1.807) is 24.3 Å². The number of anilines is 1. The van der Waals surface area contributed by atoms with Crippen molar-refractivity contribution in [1.29, 1.82) is 0 Å². The van der Waals surface area contributed by atoms with Gasteiger partial charge in [0.1, 0.15) is 0 Å². The first-order valence-corrected chi connectivity index (χ1v) is 4.72. The van der Waals surface area contributed by atoms with Crippen LogP contribution in [0.15, 0.2) is 39.6 Å². The number of amides is 1. The van der Waals surface area contributed by atoms with E-state index in [4.69, 9.17) is 4.52 Å².